The maximum Gasteiger partial charge on any atom is 0.327 e. The maximum atomic E-state index is 11.4. The van der Waals surface area contributed by atoms with E-state index in [1.807, 2.05) is 0 Å². The summed E-state index contributed by atoms with van der Waals surface area (Å²) in [6.07, 6.45) is -0.820. The first kappa shape index (κ1) is 15.4. The SMILES string of the molecule is CC(C)(C)C(=O)OC[C@](N)(CC(=O)O)C(=O)O. The largest absolute Gasteiger partial charge is 0.481 e. The minimum absolute atomic E-state index is 0.640. The van der Waals surface area contributed by atoms with Crippen molar-refractivity contribution in [1.82, 2.24) is 0 Å². The summed E-state index contributed by atoms with van der Waals surface area (Å²) in [7, 11) is 0. The Kier molecular flexibility index (Phi) is 4.64. The van der Waals surface area contributed by atoms with E-state index in [2.05, 4.69) is 0 Å². The van der Waals surface area contributed by atoms with Gasteiger partial charge in [0.15, 0.2) is 5.54 Å². The molecule has 0 bridgehead atoms. The van der Waals surface area contributed by atoms with Crippen LogP contribution in [0.1, 0.15) is 27.2 Å². The van der Waals surface area contributed by atoms with Crippen LogP contribution < -0.4 is 5.73 Å². The van der Waals surface area contributed by atoms with Gasteiger partial charge in [0, 0.05) is 0 Å². The lowest BCUT2D eigenvalue weighted by atomic mass is 9.96. The standard InChI is InChI=1S/C10H17NO6/c1-9(2,3)8(16)17-5-10(11,7(14)15)4-6(12)13/h4-5,11H2,1-3H3,(H,12,13)(H,14,15)/t10-/m1/s1. The highest BCUT2D eigenvalue weighted by Gasteiger charge is 2.39. The average molecular weight is 247 g/mol. The van der Waals surface area contributed by atoms with Crippen molar-refractivity contribution in [2.24, 2.45) is 11.1 Å². The van der Waals surface area contributed by atoms with Crippen LogP contribution in [-0.2, 0) is 19.1 Å². The zero-order chi connectivity index (χ0) is 13.9. The molecule has 0 rings (SSSR count). The van der Waals surface area contributed by atoms with Crippen LogP contribution in [0.15, 0.2) is 0 Å². The number of carboxylic acid groups (broad SMARTS) is 2. The van der Waals surface area contributed by atoms with Gasteiger partial charge in [-0.3, -0.25) is 14.4 Å². The molecule has 98 valence electrons. The number of esters is 1. The summed E-state index contributed by atoms with van der Waals surface area (Å²) in [5.74, 6) is -3.54. The second kappa shape index (κ2) is 5.13. The molecule has 17 heavy (non-hydrogen) atoms. The highest BCUT2D eigenvalue weighted by atomic mass is 16.5. The Morgan fingerprint density at radius 1 is 1.18 bits per heavy atom. The molecule has 0 amide bonds. The summed E-state index contributed by atoms with van der Waals surface area (Å²) in [6.45, 7) is 4.09. The molecular weight excluding hydrogens is 230 g/mol. The molecule has 7 nitrogen and oxygen atoms in total. The number of rotatable bonds is 5. The van der Waals surface area contributed by atoms with Crippen molar-refractivity contribution in [2.45, 2.75) is 32.7 Å². The molecule has 0 aliphatic rings. The number of hydrogen-bond acceptors (Lipinski definition) is 5. The van der Waals surface area contributed by atoms with Crippen molar-refractivity contribution in [3.05, 3.63) is 0 Å². The first-order valence-electron chi connectivity index (χ1n) is 4.90. The fraction of sp³-hybridized carbons (Fsp3) is 0.700. The van der Waals surface area contributed by atoms with Gasteiger partial charge in [0.2, 0.25) is 0 Å². The highest BCUT2D eigenvalue weighted by Crippen LogP contribution is 2.17. The molecule has 1 atom stereocenters. The van der Waals surface area contributed by atoms with Gasteiger partial charge in [-0.25, -0.2) is 0 Å². The maximum absolute atomic E-state index is 11.4. The van der Waals surface area contributed by atoms with Crippen molar-refractivity contribution in [2.75, 3.05) is 6.61 Å². The number of carbonyl (C=O) groups is 3. The second-order valence-electron chi connectivity index (χ2n) is 4.86. The molecule has 0 saturated heterocycles. The Hall–Kier alpha value is -1.63. The Balaban J connectivity index is 4.64. The van der Waals surface area contributed by atoms with Gasteiger partial charge in [0.1, 0.15) is 6.61 Å². The van der Waals surface area contributed by atoms with Crippen molar-refractivity contribution in [3.63, 3.8) is 0 Å². The Morgan fingerprint density at radius 2 is 1.65 bits per heavy atom. The van der Waals surface area contributed by atoms with Crippen molar-refractivity contribution in [1.29, 1.82) is 0 Å². The molecule has 0 aromatic heterocycles. The van der Waals surface area contributed by atoms with Crippen LogP contribution in [0.2, 0.25) is 0 Å². The van der Waals surface area contributed by atoms with Gasteiger partial charge in [0.25, 0.3) is 0 Å². The summed E-state index contributed by atoms with van der Waals surface area (Å²) >= 11 is 0. The third-order valence-corrected chi connectivity index (χ3v) is 1.97. The van der Waals surface area contributed by atoms with Crippen molar-refractivity contribution < 1.29 is 29.3 Å². The predicted octanol–water partition coefficient (Wildman–Crippen LogP) is -0.167. The van der Waals surface area contributed by atoms with Crippen LogP contribution in [0, 0.1) is 5.41 Å². The molecule has 0 aliphatic carbocycles. The summed E-state index contributed by atoms with van der Waals surface area (Å²) < 4.78 is 4.73. The molecule has 4 N–H and O–H groups in total. The molecule has 0 saturated carbocycles. The Labute approximate surface area is 98.6 Å². The Bertz CT molecular complexity index is 332. The van der Waals surface area contributed by atoms with Gasteiger partial charge in [-0.05, 0) is 20.8 Å². The minimum Gasteiger partial charge on any atom is -0.481 e. The molecule has 0 aromatic carbocycles. The van der Waals surface area contributed by atoms with E-state index < -0.39 is 41.9 Å². The zero-order valence-electron chi connectivity index (χ0n) is 10.0. The first-order valence-corrected chi connectivity index (χ1v) is 4.90. The van der Waals surface area contributed by atoms with E-state index in [0.717, 1.165) is 0 Å². The molecule has 0 aliphatic heterocycles. The van der Waals surface area contributed by atoms with Gasteiger partial charge < -0.3 is 20.7 Å². The summed E-state index contributed by atoms with van der Waals surface area (Å²) in [5.41, 5.74) is 2.47. The molecule has 0 spiro atoms. The van der Waals surface area contributed by atoms with Gasteiger partial charge in [-0.15, -0.1) is 0 Å². The lowest BCUT2D eigenvalue weighted by Crippen LogP contribution is -2.54. The monoisotopic (exact) mass is 247 g/mol. The van der Waals surface area contributed by atoms with Gasteiger partial charge in [-0.2, -0.15) is 0 Å². The summed E-state index contributed by atoms with van der Waals surface area (Å²) in [5, 5.41) is 17.4. The zero-order valence-corrected chi connectivity index (χ0v) is 10.0. The van der Waals surface area contributed by atoms with Gasteiger partial charge in [0.05, 0.1) is 11.8 Å². The molecule has 0 heterocycles. The first-order chi connectivity index (χ1) is 7.49. The summed E-state index contributed by atoms with van der Waals surface area (Å²) in [4.78, 5) is 32.7. The van der Waals surface area contributed by atoms with E-state index in [9.17, 15) is 14.4 Å². The van der Waals surface area contributed by atoms with Crippen LogP contribution >= 0.6 is 0 Å². The van der Waals surface area contributed by atoms with Gasteiger partial charge >= 0.3 is 17.9 Å². The van der Waals surface area contributed by atoms with E-state index >= 15 is 0 Å². The van der Waals surface area contributed by atoms with Crippen molar-refractivity contribution in [3.8, 4) is 0 Å². The highest BCUT2D eigenvalue weighted by molar-refractivity contribution is 5.85. The third kappa shape index (κ3) is 4.81. The second-order valence-corrected chi connectivity index (χ2v) is 4.86. The van der Waals surface area contributed by atoms with E-state index in [-0.39, 0.29) is 0 Å². The van der Waals surface area contributed by atoms with Gasteiger partial charge in [-0.1, -0.05) is 0 Å². The molecule has 7 heteroatoms. The van der Waals surface area contributed by atoms with E-state index in [4.69, 9.17) is 20.7 Å². The molecule has 0 radical (unpaired) electrons. The average Bonchev–Trinajstić information content (AvgIpc) is 2.11. The molecule has 0 aromatic rings. The lowest BCUT2D eigenvalue weighted by Gasteiger charge is -2.24. The topological polar surface area (TPSA) is 127 Å². The van der Waals surface area contributed by atoms with Crippen LogP contribution in [-0.4, -0.2) is 40.3 Å². The number of hydrogen-bond donors (Lipinski definition) is 3. The van der Waals surface area contributed by atoms with Crippen LogP contribution in [0.25, 0.3) is 0 Å². The van der Waals surface area contributed by atoms with E-state index in [1.165, 1.54) is 0 Å². The summed E-state index contributed by atoms with van der Waals surface area (Å²) in [6, 6.07) is 0. The number of carboxylic acids is 2. The number of nitrogens with two attached hydrogens (primary N) is 1. The fourth-order valence-corrected chi connectivity index (χ4v) is 0.869. The smallest absolute Gasteiger partial charge is 0.327 e. The van der Waals surface area contributed by atoms with E-state index in [1.54, 1.807) is 20.8 Å². The lowest BCUT2D eigenvalue weighted by molar-refractivity contribution is -0.162. The third-order valence-electron chi connectivity index (χ3n) is 1.97. The fourth-order valence-electron chi connectivity index (χ4n) is 0.869. The van der Waals surface area contributed by atoms with Crippen LogP contribution in [0.5, 0.6) is 0 Å². The minimum atomic E-state index is -2.10. The number of aliphatic carboxylic acids is 2. The normalized spacial score (nSPS) is 14.8. The van der Waals surface area contributed by atoms with Crippen LogP contribution in [0.4, 0.5) is 0 Å². The number of carbonyl (C=O) groups excluding carboxylic acids is 1. The van der Waals surface area contributed by atoms with Crippen molar-refractivity contribution >= 4 is 17.9 Å². The molecular formula is C10H17NO6. The van der Waals surface area contributed by atoms with Crippen LogP contribution in [0.3, 0.4) is 0 Å². The quantitative estimate of drug-likeness (QED) is 0.575. The molecule has 0 unspecified atom stereocenters. The Morgan fingerprint density at radius 3 is 1.94 bits per heavy atom. The molecule has 0 fully saturated rings. The number of ether oxygens (including phenoxy) is 1. The predicted molar refractivity (Wildman–Crippen MR) is 57.2 cm³/mol. The van der Waals surface area contributed by atoms with E-state index in [0.29, 0.717) is 0 Å².